The van der Waals surface area contributed by atoms with Gasteiger partial charge in [0.1, 0.15) is 19.0 Å². The van der Waals surface area contributed by atoms with Crippen LogP contribution >= 0.6 is 23.2 Å². The Labute approximate surface area is 193 Å². The van der Waals surface area contributed by atoms with Crippen molar-refractivity contribution < 1.29 is 19.0 Å². The van der Waals surface area contributed by atoms with E-state index in [1.54, 1.807) is 12.1 Å². The first kappa shape index (κ1) is 23.7. The fourth-order valence-corrected chi connectivity index (χ4v) is 4.15. The Balaban J connectivity index is 1.47. The van der Waals surface area contributed by atoms with Crippen LogP contribution in [0.5, 0.6) is 11.5 Å². The van der Waals surface area contributed by atoms with Crippen LogP contribution in [-0.4, -0.2) is 56.9 Å². The van der Waals surface area contributed by atoms with Gasteiger partial charge in [0.2, 0.25) is 5.91 Å². The Kier molecular flexibility index (Phi) is 8.84. The van der Waals surface area contributed by atoms with E-state index in [2.05, 4.69) is 0 Å². The number of aryl methyl sites for hydroxylation is 1. The maximum absolute atomic E-state index is 12.7. The normalized spacial score (nSPS) is 14.9. The number of amides is 1. The average molecular weight is 467 g/mol. The zero-order valence-electron chi connectivity index (χ0n) is 17.6. The minimum Gasteiger partial charge on any atom is -0.490 e. The van der Waals surface area contributed by atoms with Crippen LogP contribution in [0.3, 0.4) is 0 Å². The lowest BCUT2D eigenvalue weighted by molar-refractivity contribution is -0.139. The van der Waals surface area contributed by atoms with Crippen LogP contribution in [0.25, 0.3) is 0 Å². The minimum absolute atomic E-state index is 0.0942. The molecule has 168 valence electrons. The molecule has 0 saturated carbocycles. The third-order valence-electron chi connectivity index (χ3n) is 5.10. The largest absolute Gasteiger partial charge is 0.490 e. The van der Waals surface area contributed by atoms with Crippen molar-refractivity contribution in [1.82, 2.24) is 4.90 Å². The molecule has 0 aliphatic carbocycles. The minimum atomic E-state index is -0.234. The van der Waals surface area contributed by atoms with Crippen LogP contribution in [-0.2, 0) is 16.0 Å². The molecule has 0 radical (unpaired) electrons. The highest BCUT2D eigenvalue weighted by Gasteiger charge is 2.25. The van der Waals surface area contributed by atoms with Crippen molar-refractivity contribution in [3.63, 3.8) is 0 Å². The molecule has 2 aromatic carbocycles. The van der Waals surface area contributed by atoms with E-state index >= 15 is 0 Å². The molecule has 2 N–H and O–H groups in total. The first-order valence-electron chi connectivity index (χ1n) is 10.3. The van der Waals surface area contributed by atoms with Crippen LogP contribution < -0.4 is 15.2 Å². The summed E-state index contributed by atoms with van der Waals surface area (Å²) in [5.41, 5.74) is 7.90. The van der Waals surface area contributed by atoms with Crippen LogP contribution in [0.15, 0.2) is 36.4 Å². The highest BCUT2D eigenvalue weighted by molar-refractivity contribution is 6.37. The molecule has 1 aliphatic heterocycles. The van der Waals surface area contributed by atoms with Gasteiger partial charge < -0.3 is 24.8 Å². The Morgan fingerprint density at radius 1 is 1.10 bits per heavy atom. The number of ether oxygens (including phenoxy) is 3. The SMILES string of the molecule is Cc1cc(Cl)c(OCCOc2ccc(CC(CN)C(=O)N3CCOCC3)cc2)c(Cl)c1. The zero-order chi connectivity index (χ0) is 22.2. The summed E-state index contributed by atoms with van der Waals surface area (Å²) in [7, 11) is 0. The maximum atomic E-state index is 12.7. The van der Waals surface area contributed by atoms with Crippen molar-refractivity contribution in [3.8, 4) is 11.5 Å². The van der Waals surface area contributed by atoms with Crippen molar-refractivity contribution >= 4 is 29.1 Å². The number of nitrogens with two attached hydrogens (primary N) is 1. The number of hydrogen-bond acceptors (Lipinski definition) is 5. The average Bonchev–Trinajstić information content (AvgIpc) is 2.77. The number of morpholine rings is 1. The third kappa shape index (κ3) is 6.74. The van der Waals surface area contributed by atoms with E-state index in [9.17, 15) is 4.79 Å². The summed E-state index contributed by atoms with van der Waals surface area (Å²) in [6, 6.07) is 11.3. The van der Waals surface area contributed by atoms with E-state index in [0.29, 0.717) is 68.3 Å². The molecule has 3 rings (SSSR count). The summed E-state index contributed by atoms with van der Waals surface area (Å²) in [4.78, 5) is 14.5. The summed E-state index contributed by atoms with van der Waals surface area (Å²) < 4.78 is 16.7. The molecule has 6 nitrogen and oxygen atoms in total. The summed E-state index contributed by atoms with van der Waals surface area (Å²) in [6.45, 7) is 5.32. The molecule has 31 heavy (non-hydrogen) atoms. The molecule has 1 fully saturated rings. The van der Waals surface area contributed by atoms with E-state index in [1.165, 1.54) is 0 Å². The lowest BCUT2D eigenvalue weighted by atomic mass is 9.97. The Hall–Kier alpha value is -1.99. The molecule has 1 atom stereocenters. The van der Waals surface area contributed by atoms with Crippen LogP contribution in [0.4, 0.5) is 0 Å². The van der Waals surface area contributed by atoms with Gasteiger partial charge in [-0.3, -0.25) is 4.79 Å². The van der Waals surface area contributed by atoms with Crippen molar-refractivity contribution in [1.29, 1.82) is 0 Å². The van der Waals surface area contributed by atoms with E-state index in [-0.39, 0.29) is 11.8 Å². The number of halogens is 2. The highest BCUT2D eigenvalue weighted by atomic mass is 35.5. The third-order valence-corrected chi connectivity index (χ3v) is 5.66. The quantitative estimate of drug-likeness (QED) is 0.569. The standard InChI is InChI=1S/C23H28Cl2N2O4/c1-16-12-20(24)22(21(25)13-16)31-11-10-30-19-4-2-17(3-5-19)14-18(15-26)23(28)27-6-8-29-9-7-27/h2-5,12-13,18H,6-11,14-15,26H2,1H3. The second kappa shape index (κ2) is 11.6. The Morgan fingerprint density at radius 2 is 1.71 bits per heavy atom. The van der Waals surface area contributed by atoms with Crippen LogP contribution in [0.2, 0.25) is 10.0 Å². The first-order valence-corrected chi connectivity index (χ1v) is 11.1. The number of hydrogen-bond donors (Lipinski definition) is 1. The van der Waals surface area contributed by atoms with Gasteiger partial charge >= 0.3 is 0 Å². The van der Waals surface area contributed by atoms with Crippen LogP contribution in [0, 0.1) is 12.8 Å². The number of carbonyl (C=O) groups excluding carboxylic acids is 1. The molecule has 1 unspecified atom stereocenters. The predicted octanol–water partition coefficient (Wildman–Crippen LogP) is 3.74. The number of nitrogens with zero attached hydrogens (tertiary/aromatic N) is 1. The van der Waals surface area contributed by atoms with Gasteiger partial charge in [0.05, 0.1) is 29.2 Å². The maximum Gasteiger partial charge on any atom is 0.227 e. The topological polar surface area (TPSA) is 74.0 Å². The molecule has 1 amide bonds. The molecule has 8 heteroatoms. The van der Waals surface area contributed by atoms with Gasteiger partial charge in [0.15, 0.2) is 5.75 Å². The molecular formula is C23H28Cl2N2O4. The first-order chi connectivity index (χ1) is 15.0. The van der Waals surface area contributed by atoms with Gasteiger partial charge in [-0.05, 0) is 48.7 Å². The summed E-state index contributed by atoms with van der Waals surface area (Å²) >= 11 is 12.4. The molecule has 1 saturated heterocycles. The molecule has 0 bridgehead atoms. The van der Waals surface area contributed by atoms with E-state index in [4.69, 9.17) is 43.1 Å². The predicted molar refractivity (Wildman–Crippen MR) is 122 cm³/mol. The van der Waals surface area contributed by atoms with Gasteiger partial charge in [0.25, 0.3) is 0 Å². The lowest BCUT2D eigenvalue weighted by Gasteiger charge is -2.30. The smallest absolute Gasteiger partial charge is 0.227 e. The zero-order valence-corrected chi connectivity index (χ0v) is 19.1. The van der Waals surface area contributed by atoms with E-state index < -0.39 is 0 Å². The molecule has 0 spiro atoms. The van der Waals surface area contributed by atoms with Crippen LogP contribution in [0.1, 0.15) is 11.1 Å². The molecule has 0 aromatic heterocycles. The monoisotopic (exact) mass is 466 g/mol. The number of carbonyl (C=O) groups is 1. The molecule has 1 heterocycles. The van der Waals surface area contributed by atoms with Crippen molar-refractivity contribution in [3.05, 3.63) is 57.6 Å². The van der Waals surface area contributed by atoms with Gasteiger partial charge in [-0.2, -0.15) is 0 Å². The van der Waals surface area contributed by atoms with E-state index in [0.717, 1.165) is 16.9 Å². The summed E-state index contributed by atoms with van der Waals surface area (Å²) in [6.07, 6.45) is 0.598. The fraction of sp³-hybridized carbons (Fsp3) is 0.435. The number of rotatable bonds is 9. The van der Waals surface area contributed by atoms with Gasteiger partial charge in [-0.25, -0.2) is 0 Å². The Morgan fingerprint density at radius 3 is 2.32 bits per heavy atom. The second-order valence-corrected chi connectivity index (χ2v) is 8.29. The molecule has 1 aliphatic rings. The number of benzene rings is 2. The van der Waals surface area contributed by atoms with Gasteiger partial charge in [-0.15, -0.1) is 0 Å². The van der Waals surface area contributed by atoms with Crippen molar-refractivity contribution in [2.75, 3.05) is 46.1 Å². The van der Waals surface area contributed by atoms with Gasteiger partial charge in [0, 0.05) is 19.6 Å². The van der Waals surface area contributed by atoms with Crippen molar-refractivity contribution in [2.24, 2.45) is 11.7 Å². The van der Waals surface area contributed by atoms with Gasteiger partial charge in [-0.1, -0.05) is 35.3 Å². The summed E-state index contributed by atoms with van der Waals surface area (Å²) in [5.74, 6) is 1.04. The fourth-order valence-electron chi connectivity index (χ4n) is 3.45. The Bertz CT molecular complexity index is 847. The second-order valence-electron chi connectivity index (χ2n) is 7.47. The highest BCUT2D eigenvalue weighted by Crippen LogP contribution is 2.33. The molecular weight excluding hydrogens is 439 g/mol. The lowest BCUT2D eigenvalue weighted by Crippen LogP contribution is -2.45. The van der Waals surface area contributed by atoms with Crippen molar-refractivity contribution in [2.45, 2.75) is 13.3 Å². The summed E-state index contributed by atoms with van der Waals surface area (Å²) in [5, 5.41) is 0.964. The molecule has 2 aromatic rings. The van der Waals surface area contributed by atoms with E-state index in [1.807, 2.05) is 36.1 Å².